The van der Waals surface area contributed by atoms with Gasteiger partial charge < -0.3 is 5.32 Å². The van der Waals surface area contributed by atoms with Crippen LogP contribution in [-0.4, -0.2) is 21.5 Å². The van der Waals surface area contributed by atoms with Gasteiger partial charge in [-0.1, -0.05) is 42.5 Å². The maximum atomic E-state index is 4.14. The molecule has 4 nitrogen and oxygen atoms in total. The Morgan fingerprint density at radius 2 is 2.05 bits per heavy atom. The monoisotopic (exact) mass is 272 g/mol. The highest BCUT2D eigenvalue weighted by Gasteiger charge is 2.10. The molecule has 20 heavy (non-hydrogen) atoms. The minimum absolute atomic E-state index is 0.438. The van der Waals surface area contributed by atoms with Crippen molar-refractivity contribution in [2.45, 2.75) is 38.6 Å². The van der Waals surface area contributed by atoms with Crippen molar-refractivity contribution in [3.05, 3.63) is 47.8 Å². The molecule has 4 heteroatoms. The largest absolute Gasteiger partial charge is 0.310 e. The average Bonchev–Trinajstić information content (AvgIpc) is 2.89. The summed E-state index contributed by atoms with van der Waals surface area (Å²) in [5, 5.41) is 11.7. The number of aryl methyl sites for hydroxylation is 2. The van der Waals surface area contributed by atoms with E-state index in [-0.39, 0.29) is 0 Å². The second-order valence-electron chi connectivity index (χ2n) is 5.19. The Morgan fingerprint density at radius 3 is 2.70 bits per heavy atom. The molecule has 2 aromatic rings. The fourth-order valence-corrected chi connectivity index (χ4v) is 2.39. The Hall–Kier alpha value is -1.68. The zero-order chi connectivity index (χ0) is 14.2. The van der Waals surface area contributed by atoms with Gasteiger partial charge in [-0.2, -0.15) is 0 Å². The third kappa shape index (κ3) is 4.46. The van der Waals surface area contributed by atoms with Gasteiger partial charge >= 0.3 is 0 Å². The van der Waals surface area contributed by atoms with Gasteiger partial charge in [0.1, 0.15) is 0 Å². The van der Waals surface area contributed by atoms with Crippen molar-refractivity contribution in [1.29, 1.82) is 0 Å². The van der Waals surface area contributed by atoms with Gasteiger partial charge in [-0.15, -0.1) is 5.10 Å². The first-order valence-corrected chi connectivity index (χ1v) is 7.43. The van der Waals surface area contributed by atoms with E-state index in [0.29, 0.717) is 6.04 Å². The van der Waals surface area contributed by atoms with Gasteiger partial charge in [0.2, 0.25) is 0 Å². The number of rotatable bonds is 8. The van der Waals surface area contributed by atoms with Gasteiger partial charge in [-0.3, -0.25) is 4.68 Å². The zero-order valence-corrected chi connectivity index (χ0v) is 12.4. The molecule has 0 aliphatic carbocycles. The third-order valence-corrected chi connectivity index (χ3v) is 3.42. The highest BCUT2D eigenvalue weighted by Crippen LogP contribution is 2.19. The summed E-state index contributed by atoms with van der Waals surface area (Å²) in [6.07, 6.45) is 6.39. The molecular formula is C16H24N4. The highest BCUT2D eigenvalue weighted by molar-refractivity contribution is 5.18. The van der Waals surface area contributed by atoms with Crippen LogP contribution < -0.4 is 5.32 Å². The Kier molecular flexibility index (Phi) is 5.74. The van der Waals surface area contributed by atoms with E-state index in [2.05, 4.69) is 52.9 Å². The van der Waals surface area contributed by atoms with E-state index in [4.69, 9.17) is 0 Å². The lowest BCUT2D eigenvalue weighted by Crippen LogP contribution is -2.22. The first kappa shape index (κ1) is 14.7. The molecule has 1 unspecified atom stereocenters. The minimum Gasteiger partial charge on any atom is -0.310 e. The van der Waals surface area contributed by atoms with Crippen molar-refractivity contribution in [2.24, 2.45) is 7.05 Å². The van der Waals surface area contributed by atoms with E-state index in [0.717, 1.165) is 37.9 Å². The van der Waals surface area contributed by atoms with Crippen LogP contribution in [0.1, 0.15) is 43.5 Å². The standard InChI is InChI=1S/C16H24N4/c1-3-12-17-16(14-8-5-4-6-9-14)11-7-10-15-13-20(2)19-18-15/h4-6,8-9,13,16-17H,3,7,10-12H2,1-2H3. The summed E-state index contributed by atoms with van der Waals surface area (Å²) in [5.74, 6) is 0. The smallest absolute Gasteiger partial charge is 0.0827 e. The lowest BCUT2D eigenvalue weighted by Gasteiger charge is -2.18. The van der Waals surface area contributed by atoms with Crippen LogP contribution in [0.5, 0.6) is 0 Å². The lowest BCUT2D eigenvalue weighted by molar-refractivity contribution is 0.483. The molecule has 108 valence electrons. The van der Waals surface area contributed by atoms with Crippen LogP contribution in [0, 0.1) is 0 Å². The van der Waals surface area contributed by atoms with Crippen LogP contribution in [0.25, 0.3) is 0 Å². The summed E-state index contributed by atoms with van der Waals surface area (Å²) in [5.41, 5.74) is 2.45. The summed E-state index contributed by atoms with van der Waals surface area (Å²) in [6, 6.07) is 11.1. The predicted octanol–water partition coefficient (Wildman–Crippen LogP) is 2.88. The predicted molar refractivity (Wildman–Crippen MR) is 81.4 cm³/mol. The SMILES string of the molecule is CCCNC(CCCc1cn(C)nn1)c1ccccc1. The van der Waals surface area contributed by atoms with Gasteiger partial charge in [0.05, 0.1) is 5.69 Å². The quantitative estimate of drug-likeness (QED) is 0.803. The molecular weight excluding hydrogens is 248 g/mol. The first-order valence-electron chi connectivity index (χ1n) is 7.43. The Morgan fingerprint density at radius 1 is 1.25 bits per heavy atom. The summed E-state index contributed by atoms with van der Waals surface area (Å²) in [6.45, 7) is 3.26. The summed E-state index contributed by atoms with van der Waals surface area (Å²) >= 11 is 0. The van der Waals surface area contributed by atoms with Crippen molar-refractivity contribution in [3.8, 4) is 0 Å². The average molecular weight is 272 g/mol. The summed E-state index contributed by atoms with van der Waals surface area (Å²) in [4.78, 5) is 0. The van der Waals surface area contributed by atoms with E-state index in [1.807, 2.05) is 13.2 Å². The van der Waals surface area contributed by atoms with Crippen LogP contribution in [0.3, 0.4) is 0 Å². The van der Waals surface area contributed by atoms with Crippen LogP contribution >= 0.6 is 0 Å². The van der Waals surface area contributed by atoms with E-state index in [1.165, 1.54) is 5.56 Å². The molecule has 0 amide bonds. The van der Waals surface area contributed by atoms with Crippen LogP contribution in [-0.2, 0) is 13.5 Å². The molecule has 0 aliphatic heterocycles. The highest BCUT2D eigenvalue weighted by atomic mass is 15.4. The third-order valence-electron chi connectivity index (χ3n) is 3.42. The van der Waals surface area contributed by atoms with Crippen LogP contribution in [0.4, 0.5) is 0 Å². The van der Waals surface area contributed by atoms with Gasteiger partial charge in [-0.05, 0) is 37.8 Å². The number of hydrogen-bond donors (Lipinski definition) is 1. The lowest BCUT2D eigenvalue weighted by atomic mass is 10.0. The van der Waals surface area contributed by atoms with Crippen LogP contribution in [0.2, 0.25) is 0 Å². The molecule has 2 rings (SSSR count). The fourth-order valence-electron chi connectivity index (χ4n) is 2.39. The summed E-state index contributed by atoms with van der Waals surface area (Å²) < 4.78 is 1.76. The number of nitrogens with zero attached hydrogens (tertiary/aromatic N) is 3. The molecule has 0 bridgehead atoms. The molecule has 0 spiro atoms. The van der Waals surface area contributed by atoms with Crippen molar-refractivity contribution in [1.82, 2.24) is 20.3 Å². The normalized spacial score (nSPS) is 12.5. The van der Waals surface area contributed by atoms with Crippen molar-refractivity contribution in [3.63, 3.8) is 0 Å². The Balaban J connectivity index is 1.87. The summed E-state index contributed by atoms with van der Waals surface area (Å²) in [7, 11) is 1.91. The number of aromatic nitrogens is 3. The van der Waals surface area contributed by atoms with E-state index >= 15 is 0 Å². The second-order valence-corrected chi connectivity index (χ2v) is 5.19. The Labute approximate surface area is 121 Å². The molecule has 0 saturated heterocycles. The number of nitrogens with one attached hydrogen (secondary N) is 1. The van der Waals surface area contributed by atoms with E-state index in [1.54, 1.807) is 4.68 Å². The van der Waals surface area contributed by atoms with Gasteiger partial charge in [0.15, 0.2) is 0 Å². The zero-order valence-electron chi connectivity index (χ0n) is 12.4. The maximum Gasteiger partial charge on any atom is 0.0827 e. The van der Waals surface area contributed by atoms with Crippen LogP contribution in [0.15, 0.2) is 36.5 Å². The maximum absolute atomic E-state index is 4.14. The second kappa shape index (κ2) is 7.80. The molecule has 0 aliphatic rings. The molecule has 0 saturated carbocycles. The molecule has 0 radical (unpaired) electrons. The molecule has 1 atom stereocenters. The number of hydrogen-bond acceptors (Lipinski definition) is 3. The molecule has 1 N–H and O–H groups in total. The van der Waals surface area contributed by atoms with Gasteiger partial charge in [0, 0.05) is 19.3 Å². The van der Waals surface area contributed by atoms with Crippen molar-refractivity contribution < 1.29 is 0 Å². The minimum atomic E-state index is 0.438. The molecule has 1 aromatic heterocycles. The molecule has 0 fully saturated rings. The van der Waals surface area contributed by atoms with Gasteiger partial charge in [-0.25, -0.2) is 0 Å². The molecule has 1 aromatic carbocycles. The number of benzene rings is 1. The van der Waals surface area contributed by atoms with E-state index in [9.17, 15) is 0 Å². The Bertz CT molecular complexity index is 492. The van der Waals surface area contributed by atoms with Crippen molar-refractivity contribution in [2.75, 3.05) is 6.54 Å². The first-order chi connectivity index (χ1) is 9.79. The van der Waals surface area contributed by atoms with Crippen molar-refractivity contribution >= 4 is 0 Å². The van der Waals surface area contributed by atoms with E-state index < -0.39 is 0 Å². The topological polar surface area (TPSA) is 42.7 Å². The fraction of sp³-hybridized carbons (Fsp3) is 0.500. The molecule has 1 heterocycles. The van der Waals surface area contributed by atoms with Gasteiger partial charge in [0.25, 0.3) is 0 Å².